The standard InChI is InChI=1S/C23H27ClN2OS/c1-16(2)26(17(3)4)23(27)14-25-13-22(19-10-6-8-12-21(19)25)28-15-18-9-5-7-11-20(18)24/h5-13,16-17H,14-15H2,1-4H3. The summed E-state index contributed by atoms with van der Waals surface area (Å²) in [5, 5.41) is 1.96. The minimum Gasteiger partial charge on any atom is -0.337 e. The first kappa shape index (κ1) is 20.8. The van der Waals surface area contributed by atoms with Gasteiger partial charge in [0.15, 0.2) is 0 Å². The van der Waals surface area contributed by atoms with Crippen molar-refractivity contribution in [3.8, 4) is 0 Å². The summed E-state index contributed by atoms with van der Waals surface area (Å²) in [4.78, 5) is 16.1. The smallest absolute Gasteiger partial charge is 0.242 e. The molecule has 0 unspecified atom stereocenters. The third-order valence-electron chi connectivity index (χ3n) is 4.80. The number of amides is 1. The summed E-state index contributed by atoms with van der Waals surface area (Å²) in [6.45, 7) is 8.61. The van der Waals surface area contributed by atoms with Crippen molar-refractivity contribution in [2.75, 3.05) is 0 Å². The Labute approximate surface area is 176 Å². The number of rotatable bonds is 7. The molecule has 0 spiro atoms. The monoisotopic (exact) mass is 414 g/mol. The summed E-state index contributed by atoms with van der Waals surface area (Å²) in [5.74, 6) is 0.944. The number of para-hydroxylation sites is 1. The van der Waals surface area contributed by atoms with Gasteiger partial charge in [0.1, 0.15) is 6.54 Å². The van der Waals surface area contributed by atoms with E-state index in [-0.39, 0.29) is 18.0 Å². The van der Waals surface area contributed by atoms with Crippen LogP contribution in [0.2, 0.25) is 5.02 Å². The van der Waals surface area contributed by atoms with E-state index in [0.29, 0.717) is 6.54 Å². The van der Waals surface area contributed by atoms with Crippen LogP contribution >= 0.6 is 23.4 Å². The molecule has 1 aromatic heterocycles. The Bertz CT molecular complexity index is 956. The Balaban J connectivity index is 1.86. The lowest BCUT2D eigenvalue weighted by molar-refractivity contribution is -0.135. The van der Waals surface area contributed by atoms with E-state index in [0.717, 1.165) is 21.9 Å². The van der Waals surface area contributed by atoms with Crippen LogP contribution in [0.25, 0.3) is 10.9 Å². The molecule has 148 valence electrons. The molecule has 3 aromatic rings. The summed E-state index contributed by atoms with van der Waals surface area (Å²) >= 11 is 8.06. The van der Waals surface area contributed by atoms with Crippen LogP contribution in [-0.2, 0) is 17.1 Å². The Morgan fingerprint density at radius 3 is 2.36 bits per heavy atom. The highest BCUT2D eigenvalue weighted by molar-refractivity contribution is 7.98. The molecule has 0 N–H and O–H groups in total. The maximum Gasteiger partial charge on any atom is 0.242 e. The molecule has 0 fully saturated rings. The number of halogens is 1. The number of hydrogen-bond acceptors (Lipinski definition) is 2. The molecule has 0 atom stereocenters. The van der Waals surface area contributed by atoms with E-state index in [4.69, 9.17) is 11.6 Å². The van der Waals surface area contributed by atoms with Gasteiger partial charge in [0.05, 0.1) is 0 Å². The van der Waals surface area contributed by atoms with Crippen molar-refractivity contribution in [2.24, 2.45) is 0 Å². The fraction of sp³-hybridized carbons (Fsp3) is 0.348. The van der Waals surface area contributed by atoms with Gasteiger partial charge in [-0.1, -0.05) is 48.0 Å². The quantitative estimate of drug-likeness (QED) is 0.428. The molecule has 3 rings (SSSR count). The van der Waals surface area contributed by atoms with Gasteiger partial charge in [-0.2, -0.15) is 0 Å². The summed E-state index contributed by atoms with van der Waals surface area (Å²) in [6, 6.07) is 16.6. The summed E-state index contributed by atoms with van der Waals surface area (Å²) in [6.07, 6.45) is 2.10. The Morgan fingerprint density at radius 2 is 1.68 bits per heavy atom. The lowest BCUT2D eigenvalue weighted by atomic mass is 10.2. The van der Waals surface area contributed by atoms with E-state index < -0.39 is 0 Å². The average Bonchev–Trinajstić information content (AvgIpc) is 2.98. The van der Waals surface area contributed by atoms with Crippen molar-refractivity contribution < 1.29 is 4.79 Å². The zero-order valence-electron chi connectivity index (χ0n) is 16.9. The normalized spacial score (nSPS) is 11.5. The first-order chi connectivity index (χ1) is 13.4. The van der Waals surface area contributed by atoms with Gasteiger partial charge in [0.2, 0.25) is 5.91 Å². The van der Waals surface area contributed by atoms with E-state index in [1.54, 1.807) is 11.8 Å². The van der Waals surface area contributed by atoms with Crippen molar-refractivity contribution >= 4 is 40.2 Å². The molecular formula is C23H27ClN2OS. The maximum atomic E-state index is 13.0. The molecular weight excluding hydrogens is 388 g/mol. The van der Waals surface area contributed by atoms with Crippen molar-refractivity contribution in [1.29, 1.82) is 0 Å². The molecule has 0 saturated heterocycles. The minimum absolute atomic E-state index is 0.147. The van der Waals surface area contributed by atoms with Gasteiger partial charge in [-0.3, -0.25) is 4.79 Å². The molecule has 2 aromatic carbocycles. The fourth-order valence-corrected chi connectivity index (χ4v) is 5.00. The van der Waals surface area contributed by atoms with E-state index in [1.807, 2.05) is 35.2 Å². The third kappa shape index (κ3) is 4.56. The first-order valence-electron chi connectivity index (χ1n) is 9.63. The van der Waals surface area contributed by atoms with Crippen LogP contribution in [0.5, 0.6) is 0 Å². The summed E-state index contributed by atoms with van der Waals surface area (Å²) < 4.78 is 2.07. The Kier molecular flexibility index (Phi) is 6.73. The zero-order valence-corrected chi connectivity index (χ0v) is 18.4. The van der Waals surface area contributed by atoms with Gasteiger partial charge < -0.3 is 9.47 Å². The van der Waals surface area contributed by atoms with Crippen LogP contribution in [0.4, 0.5) is 0 Å². The molecule has 0 aliphatic heterocycles. The van der Waals surface area contributed by atoms with Gasteiger partial charge in [-0.25, -0.2) is 0 Å². The molecule has 1 amide bonds. The van der Waals surface area contributed by atoms with Crippen LogP contribution in [0.15, 0.2) is 59.6 Å². The summed E-state index contributed by atoms with van der Waals surface area (Å²) in [7, 11) is 0. The van der Waals surface area contributed by atoms with Gasteiger partial charge in [0.25, 0.3) is 0 Å². The molecule has 3 nitrogen and oxygen atoms in total. The SMILES string of the molecule is CC(C)N(C(=O)Cn1cc(SCc2ccccc2Cl)c2ccccc21)C(C)C. The first-order valence-corrected chi connectivity index (χ1v) is 11.0. The van der Waals surface area contributed by atoms with Gasteiger partial charge in [0, 0.05) is 44.9 Å². The number of carbonyl (C=O) groups excluding carboxylic acids is 1. The van der Waals surface area contributed by atoms with Crippen LogP contribution in [0.1, 0.15) is 33.3 Å². The number of hydrogen-bond donors (Lipinski definition) is 0. The Morgan fingerprint density at radius 1 is 1.04 bits per heavy atom. The van der Waals surface area contributed by atoms with Crippen LogP contribution in [-0.4, -0.2) is 27.5 Å². The molecule has 0 saturated carbocycles. The largest absolute Gasteiger partial charge is 0.337 e. The van der Waals surface area contributed by atoms with Gasteiger partial charge >= 0.3 is 0 Å². The Hall–Kier alpha value is -1.91. The second kappa shape index (κ2) is 9.06. The van der Waals surface area contributed by atoms with E-state index in [1.165, 1.54) is 10.3 Å². The minimum atomic E-state index is 0.147. The van der Waals surface area contributed by atoms with Gasteiger partial charge in [-0.05, 0) is 45.4 Å². The predicted octanol–water partition coefficient (Wildman–Crippen LogP) is 6.23. The highest BCUT2D eigenvalue weighted by atomic mass is 35.5. The van der Waals surface area contributed by atoms with Crippen molar-refractivity contribution in [2.45, 2.75) is 57.0 Å². The number of nitrogens with zero attached hydrogens (tertiary/aromatic N) is 2. The molecule has 28 heavy (non-hydrogen) atoms. The molecule has 0 aliphatic carbocycles. The van der Waals surface area contributed by atoms with Crippen LogP contribution in [0.3, 0.4) is 0 Å². The number of carbonyl (C=O) groups is 1. The molecule has 5 heteroatoms. The average molecular weight is 415 g/mol. The van der Waals surface area contributed by atoms with E-state index in [2.05, 4.69) is 56.7 Å². The summed E-state index contributed by atoms with van der Waals surface area (Å²) in [5.41, 5.74) is 2.21. The number of fused-ring (bicyclic) bond motifs is 1. The van der Waals surface area contributed by atoms with E-state index in [9.17, 15) is 4.79 Å². The lowest BCUT2D eigenvalue weighted by Crippen LogP contribution is -2.43. The van der Waals surface area contributed by atoms with Gasteiger partial charge in [-0.15, -0.1) is 11.8 Å². The lowest BCUT2D eigenvalue weighted by Gasteiger charge is -2.31. The molecule has 1 heterocycles. The molecule has 0 radical (unpaired) electrons. The van der Waals surface area contributed by atoms with Crippen molar-refractivity contribution in [1.82, 2.24) is 9.47 Å². The topological polar surface area (TPSA) is 25.2 Å². The highest BCUT2D eigenvalue weighted by Crippen LogP contribution is 2.33. The molecule has 0 bridgehead atoms. The zero-order chi connectivity index (χ0) is 20.3. The van der Waals surface area contributed by atoms with Crippen LogP contribution < -0.4 is 0 Å². The highest BCUT2D eigenvalue weighted by Gasteiger charge is 2.21. The second-order valence-corrected chi connectivity index (χ2v) is 8.93. The molecule has 0 aliphatic rings. The predicted molar refractivity (Wildman–Crippen MR) is 120 cm³/mol. The number of benzene rings is 2. The fourth-order valence-electron chi connectivity index (χ4n) is 3.63. The maximum absolute atomic E-state index is 13.0. The second-order valence-electron chi connectivity index (χ2n) is 7.51. The van der Waals surface area contributed by atoms with E-state index >= 15 is 0 Å². The van der Waals surface area contributed by atoms with Crippen molar-refractivity contribution in [3.05, 3.63) is 65.3 Å². The third-order valence-corrected chi connectivity index (χ3v) is 6.26. The number of thioether (sulfide) groups is 1. The van der Waals surface area contributed by atoms with Crippen LogP contribution in [0, 0.1) is 0 Å². The van der Waals surface area contributed by atoms with Crippen molar-refractivity contribution in [3.63, 3.8) is 0 Å². The number of aromatic nitrogens is 1.